The van der Waals surface area contributed by atoms with Crippen LogP contribution < -0.4 is 0 Å². The van der Waals surface area contributed by atoms with Crippen LogP contribution in [0.2, 0.25) is 0 Å². The van der Waals surface area contributed by atoms with Crippen molar-refractivity contribution in [1.29, 1.82) is 0 Å². The Morgan fingerprint density at radius 2 is 1.72 bits per heavy atom. The van der Waals surface area contributed by atoms with E-state index in [9.17, 15) is 13.2 Å². The van der Waals surface area contributed by atoms with Gasteiger partial charge in [0, 0.05) is 17.5 Å². The first-order valence-corrected chi connectivity index (χ1v) is 5.60. The summed E-state index contributed by atoms with van der Waals surface area (Å²) in [7, 11) is 0. The summed E-state index contributed by atoms with van der Waals surface area (Å²) in [4.78, 5) is 7.26. The SMILES string of the molecule is CC(C)c1cnc(-c2ccc(C(F)(F)F)cc2)[nH]1. The van der Waals surface area contributed by atoms with E-state index in [-0.39, 0.29) is 0 Å². The zero-order valence-electron chi connectivity index (χ0n) is 10.0. The molecule has 0 fully saturated rings. The summed E-state index contributed by atoms with van der Waals surface area (Å²) in [5.74, 6) is 0.896. The van der Waals surface area contributed by atoms with E-state index in [4.69, 9.17) is 0 Å². The van der Waals surface area contributed by atoms with Gasteiger partial charge in [-0.1, -0.05) is 26.0 Å². The van der Waals surface area contributed by atoms with E-state index in [2.05, 4.69) is 9.97 Å². The van der Waals surface area contributed by atoms with E-state index in [1.807, 2.05) is 13.8 Å². The Balaban J connectivity index is 2.29. The Morgan fingerprint density at radius 3 is 2.17 bits per heavy atom. The molecule has 0 spiro atoms. The number of hydrogen-bond acceptors (Lipinski definition) is 1. The Hall–Kier alpha value is -1.78. The molecule has 0 aliphatic carbocycles. The summed E-state index contributed by atoms with van der Waals surface area (Å²) in [5, 5.41) is 0. The summed E-state index contributed by atoms with van der Waals surface area (Å²) in [6.45, 7) is 4.04. The highest BCUT2D eigenvalue weighted by molar-refractivity contribution is 5.56. The van der Waals surface area contributed by atoms with Gasteiger partial charge in [0.15, 0.2) is 0 Å². The normalized spacial score (nSPS) is 12.1. The van der Waals surface area contributed by atoms with Gasteiger partial charge < -0.3 is 4.98 Å². The minimum Gasteiger partial charge on any atom is -0.342 e. The molecule has 0 unspecified atom stereocenters. The van der Waals surface area contributed by atoms with Gasteiger partial charge in [-0.2, -0.15) is 13.2 Å². The molecule has 1 heterocycles. The fourth-order valence-electron chi connectivity index (χ4n) is 1.59. The summed E-state index contributed by atoms with van der Waals surface area (Å²) in [6, 6.07) is 4.97. The number of alkyl halides is 3. The van der Waals surface area contributed by atoms with Gasteiger partial charge in [-0.05, 0) is 18.1 Å². The maximum atomic E-state index is 12.4. The van der Waals surface area contributed by atoms with Gasteiger partial charge in [-0.3, -0.25) is 0 Å². The lowest BCUT2D eigenvalue weighted by atomic mass is 10.1. The number of benzene rings is 1. The minimum absolute atomic E-state index is 0.306. The lowest BCUT2D eigenvalue weighted by Crippen LogP contribution is -2.04. The smallest absolute Gasteiger partial charge is 0.342 e. The van der Waals surface area contributed by atoms with Crippen molar-refractivity contribution in [2.45, 2.75) is 25.9 Å². The molecule has 1 N–H and O–H groups in total. The Labute approximate surface area is 103 Å². The van der Waals surface area contributed by atoms with Crippen LogP contribution in [0.25, 0.3) is 11.4 Å². The summed E-state index contributed by atoms with van der Waals surface area (Å²) in [6.07, 6.45) is -2.59. The number of aromatic nitrogens is 2. The molecule has 5 heteroatoms. The molecule has 18 heavy (non-hydrogen) atoms. The van der Waals surface area contributed by atoms with E-state index in [0.717, 1.165) is 17.8 Å². The van der Waals surface area contributed by atoms with Gasteiger partial charge in [-0.15, -0.1) is 0 Å². The molecule has 0 radical (unpaired) electrons. The molecule has 1 aromatic carbocycles. The fourth-order valence-corrected chi connectivity index (χ4v) is 1.59. The maximum Gasteiger partial charge on any atom is 0.416 e. The average molecular weight is 254 g/mol. The fraction of sp³-hybridized carbons (Fsp3) is 0.308. The largest absolute Gasteiger partial charge is 0.416 e. The molecule has 2 nitrogen and oxygen atoms in total. The second kappa shape index (κ2) is 4.48. The Kier molecular flexibility index (Phi) is 3.15. The molecule has 2 aromatic rings. The van der Waals surface area contributed by atoms with Crippen molar-refractivity contribution in [2.75, 3.05) is 0 Å². The number of nitrogens with one attached hydrogen (secondary N) is 1. The molecule has 0 amide bonds. The van der Waals surface area contributed by atoms with Crippen LogP contribution in [0.15, 0.2) is 30.5 Å². The van der Waals surface area contributed by atoms with Gasteiger partial charge in [0.2, 0.25) is 0 Å². The zero-order valence-corrected chi connectivity index (χ0v) is 10.0. The standard InChI is InChI=1S/C13H13F3N2/c1-8(2)11-7-17-12(18-11)9-3-5-10(6-4-9)13(14,15)16/h3-8H,1-2H3,(H,17,18). The number of aromatic amines is 1. The number of H-pyrrole nitrogens is 1. The van der Waals surface area contributed by atoms with E-state index < -0.39 is 11.7 Å². The quantitative estimate of drug-likeness (QED) is 0.854. The van der Waals surface area contributed by atoms with Crippen LogP contribution >= 0.6 is 0 Å². The molecule has 0 bridgehead atoms. The third-order valence-electron chi connectivity index (χ3n) is 2.70. The van der Waals surface area contributed by atoms with Crippen molar-refractivity contribution in [3.8, 4) is 11.4 Å². The Morgan fingerprint density at radius 1 is 1.11 bits per heavy atom. The van der Waals surface area contributed by atoms with Crippen molar-refractivity contribution in [3.05, 3.63) is 41.7 Å². The lowest BCUT2D eigenvalue weighted by Gasteiger charge is -2.06. The second-order valence-corrected chi connectivity index (χ2v) is 4.42. The summed E-state index contributed by atoms with van der Waals surface area (Å²) >= 11 is 0. The molecule has 1 aromatic heterocycles. The van der Waals surface area contributed by atoms with Crippen molar-refractivity contribution in [3.63, 3.8) is 0 Å². The van der Waals surface area contributed by atoms with E-state index in [1.54, 1.807) is 6.20 Å². The number of imidazole rings is 1. The van der Waals surface area contributed by atoms with Crippen LogP contribution in [0, 0.1) is 0 Å². The number of halogens is 3. The van der Waals surface area contributed by atoms with Crippen molar-refractivity contribution < 1.29 is 13.2 Å². The summed E-state index contributed by atoms with van der Waals surface area (Å²) < 4.78 is 37.2. The third-order valence-corrected chi connectivity index (χ3v) is 2.70. The number of rotatable bonds is 2. The molecule has 0 aliphatic heterocycles. The minimum atomic E-state index is -4.30. The van der Waals surface area contributed by atoms with Gasteiger partial charge in [0.1, 0.15) is 5.82 Å². The zero-order chi connectivity index (χ0) is 13.3. The molecule has 0 saturated carbocycles. The molecular weight excluding hydrogens is 241 g/mol. The van der Waals surface area contributed by atoms with Crippen LogP contribution in [-0.4, -0.2) is 9.97 Å². The highest BCUT2D eigenvalue weighted by Gasteiger charge is 2.30. The maximum absolute atomic E-state index is 12.4. The second-order valence-electron chi connectivity index (χ2n) is 4.42. The van der Waals surface area contributed by atoms with Gasteiger partial charge in [0.25, 0.3) is 0 Å². The predicted molar refractivity (Wildman–Crippen MR) is 63.1 cm³/mol. The first kappa shape index (κ1) is 12.7. The first-order valence-electron chi connectivity index (χ1n) is 5.60. The number of nitrogens with zero attached hydrogens (tertiary/aromatic N) is 1. The Bertz CT molecular complexity index is 524. The van der Waals surface area contributed by atoms with Gasteiger partial charge in [0.05, 0.1) is 5.56 Å². The molecule has 0 atom stereocenters. The van der Waals surface area contributed by atoms with E-state index in [1.165, 1.54) is 12.1 Å². The first-order chi connectivity index (χ1) is 8.38. The number of hydrogen-bond donors (Lipinski definition) is 1. The van der Waals surface area contributed by atoms with Crippen LogP contribution in [-0.2, 0) is 6.18 Å². The molecular formula is C13H13F3N2. The van der Waals surface area contributed by atoms with Crippen molar-refractivity contribution in [2.24, 2.45) is 0 Å². The average Bonchev–Trinajstić information content (AvgIpc) is 2.77. The van der Waals surface area contributed by atoms with Crippen molar-refractivity contribution in [1.82, 2.24) is 9.97 Å². The van der Waals surface area contributed by atoms with Crippen LogP contribution in [0.3, 0.4) is 0 Å². The highest BCUT2D eigenvalue weighted by Crippen LogP contribution is 2.30. The highest BCUT2D eigenvalue weighted by atomic mass is 19.4. The van der Waals surface area contributed by atoms with Crippen LogP contribution in [0.1, 0.15) is 31.0 Å². The van der Waals surface area contributed by atoms with E-state index in [0.29, 0.717) is 17.3 Å². The lowest BCUT2D eigenvalue weighted by molar-refractivity contribution is -0.137. The molecule has 0 aliphatic rings. The molecule has 96 valence electrons. The topological polar surface area (TPSA) is 28.7 Å². The van der Waals surface area contributed by atoms with Crippen LogP contribution in [0.5, 0.6) is 0 Å². The van der Waals surface area contributed by atoms with Crippen LogP contribution in [0.4, 0.5) is 13.2 Å². The predicted octanol–water partition coefficient (Wildman–Crippen LogP) is 4.22. The summed E-state index contributed by atoms with van der Waals surface area (Å²) in [5.41, 5.74) is 0.960. The molecule has 0 saturated heterocycles. The molecule has 2 rings (SSSR count). The van der Waals surface area contributed by atoms with E-state index >= 15 is 0 Å². The van der Waals surface area contributed by atoms with Gasteiger partial charge in [-0.25, -0.2) is 4.98 Å². The van der Waals surface area contributed by atoms with Crippen molar-refractivity contribution >= 4 is 0 Å². The third kappa shape index (κ3) is 2.55. The van der Waals surface area contributed by atoms with Gasteiger partial charge >= 0.3 is 6.18 Å². The monoisotopic (exact) mass is 254 g/mol.